The smallest absolute Gasteiger partial charge is 0.308 e. The summed E-state index contributed by atoms with van der Waals surface area (Å²) in [6, 6.07) is 0.422. The molecule has 3 rings (SSSR count). The second-order valence-corrected chi connectivity index (χ2v) is 17.1. The van der Waals surface area contributed by atoms with Crippen LogP contribution in [0.5, 0.6) is 0 Å². The van der Waals surface area contributed by atoms with Crippen molar-refractivity contribution in [3.05, 3.63) is 0 Å². The van der Waals surface area contributed by atoms with E-state index < -0.39 is 8.24 Å². The zero-order valence-electron chi connectivity index (χ0n) is 20.2. The quantitative estimate of drug-likeness (QED) is 0.412. The molecule has 0 amide bonds. The molecule has 168 valence electrons. The molecule has 2 saturated heterocycles. The minimum atomic E-state index is -1.64. The predicted molar refractivity (Wildman–Crippen MR) is 121 cm³/mol. The molecule has 5 heteroatoms. The van der Waals surface area contributed by atoms with Crippen LogP contribution in [-0.4, -0.2) is 43.8 Å². The fourth-order valence-electron chi connectivity index (χ4n) is 5.81. The van der Waals surface area contributed by atoms with Crippen LogP contribution in [0.25, 0.3) is 0 Å². The molecule has 0 aromatic rings. The van der Waals surface area contributed by atoms with Gasteiger partial charge in [-0.05, 0) is 55.0 Å². The van der Waals surface area contributed by atoms with Gasteiger partial charge in [0, 0.05) is 12.0 Å². The van der Waals surface area contributed by atoms with Crippen molar-refractivity contribution < 1.29 is 14.3 Å². The normalized spacial score (nSPS) is 37.3. The SMILES string of the molecule is CC(C)[C@@H]1CC[C@@H](C)C[C@H]1O[C@@H]1OC(=O)C[C@H]1[C@H]1CCCN1[Si](C)(C)C(C)(C)C. The highest BCUT2D eigenvalue weighted by Crippen LogP contribution is 2.46. The summed E-state index contributed by atoms with van der Waals surface area (Å²) in [5, 5.41) is 0.303. The minimum absolute atomic E-state index is 0.0629. The van der Waals surface area contributed by atoms with E-state index in [0.29, 0.717) is 35.3 Å². The average Bonchev–Trinajstić information content (AvgIpc) is 3.20. The molecule has 1 saturated carbocycles. The summed E-state index contributed by atoms with van der Waals surface area (Å²) in [6.45, 7) is 20.3. The van der Waals surface area contributed by atoms with Gasteiger partial charge < -0.3 is 14.0 Å². The maximum absolute atomic E-state index is 12.4. The van der Waals surface area contributed by atoms with Crippen LogP contribution in [-0.2, 0) is 14.3 Å². The largest absolute Gasteiger partial charge is 0.435 e. The van der Waals surface area contributed by atoms with Gasteiger partial charge in [0.05, 0.1) is 12.5 Å². The summed E-state index contributed by atoms with van der Waals surface area (Å²) < 4.78 is 15.3. The number of carbonyl (C=O) groups excluding carboxylic acids is 1. The third-order valence-electron chi connectivity index (χ3n) is 8.62. The van der Waals surface area contributed by atoms with E-state index >= 15 is 0 Å². The standard InChI is InChI=1S/C24H45NO3Si/c1-16(2)18-12-11-17(3)14-21(18)27-23-19(15-22(26)28-23)20-10-9-13-25(20)29(7,8)24(4,5)6/h16-21,23H,9-15H2,1-8H3/t17-,18+,19+,20-,21-,23-/m1/s1. The number of carbonyl (C=O) groups is 1. The van der Waals surface area contributed by atoms with Crippen LogP contribution >= 0.6 is 0 Å². The van der Waals surface area contributed by atoms with Crippen molar-refractivity contribution in [1.82, 2.24) is 4.57 Å². The third kappa shape index (κ3) is 4.77. The minimum Gasteiger partial charge on any atom is -0.435 e. The lowest BCUT2D eigenvalue weighted by atomic mass is 9.75. The third-order valence-corrected chi connectivity index (χ3v) is 14.3. The molecular weight excluding hydrogens is 378 g/mol. The van der Waals surface area contributed by atoms with E-state index in [4.69, 9.17) is 9.47 Å². The van der Waals surface area contributed by atoms with Crippen molar-refractivity contribution in [2.75, 3.05) is 6.54 Å². The second kappa shape index (κ2) is 8.62. The number of hydrogen-bond donors (Lipinski definition) is 0. The summed E-state index contributed by atoms with van der Waals surface area (Å²) in [5.74, 6) is 2.00. The second-order valence-electron chi connectivity index (χ2n) is 11.9. The number of nitrogens with zero attached hydrogens (tertiary/aromatic N) is 1. The molecule has 2 aliphatic heterocycles. The van der Waals surface area contributed by atoms with Crippen LogP contribution in [0.2, 0.25) is 18.1 Å². The Kier molecular flexibility index (Phi) is 6.92. The molecule has 4 nitrogen and oxygen atoms in total. The van der Waals surface area contributed by atoms with Gasteiger partial charge in [0.25, 0.3) is 0 Å². The van der Waals surface area contributed by atoms with E-state index in [9.17, 15) is 4.79 Å². The van der Waals surface area contributed by atoms with Gasteiger partial charge in [-0.15, -0.1) is 0 Å². The molecule has 0 unspecified atom stereocenters. The molecule has 3 fully saturated rings. The van der Waals surface area contributed by atoms with Crippen LogP contribution in [0.1, 0.15) is 80.1 Å². The van der Waals surface area contributed by atoms with Crippen molar-refractivity contribution in [2.24, 2.45) is 23.7 Å². The van der Waals surface area contributed by atoms with Crippen LogP contribution in [0.4, 0.5) is 0 Å². The van der Waals surface area contributed by atoms with Crippen LogP contribution in [0.3, 0.4) is 0 Å². The zero-order chi connectivity index (χ0) is 21.6. The first-order chi connectivity index (χ1) is 13.4. The van der Waals surface area contributed by atoms with Crippen molar-refractivity contribution in [3.8, 4) is 0 Å². The van der Waals surface area contributed by atoms with Gasteiger partial charge in [0.1, 0.15) is 8.24 Å². The highest BCUT2D eigenvalue weighted by Gasteiger charge is 2.52. The summed E-state index contributed by atoms with van der Waals surface area (Å²) in [7, 11) is -1.64. The van der Waals surface area contributed by atoms with Gasteiger partial charge in [-0.25, -0.2) is 0 Å². The van der Waals surface area contributed by atoms with Crippen LogP contribution in [0.15, 0.2) is 0 Å². The predicted octanol–water partition coefficient (Wildman–Crippen LogP) is 5.82. The van der Waals surface area contributed by atoms with Crippen molar-refractivity contribution in [3.63, 3.8) is 0 Å². The lowest BCUT2D eigenvalue weighted by Gasteiger charge is -2.48. The average molecular weight is 424 g/mol. The first kappa shape index (κ1) is 23.3. The van der Waals surface area contributed by atoms with Gasteiger partial charge in [0.15, 0.2) is 0 Å². The van der Waals surface area contributed by atoms with Crippen molar-refractivity contribution in [2.45, 2.75) is 117 Å². The van der Waals surface area contributed by atoms with Gasteiger partial charge in [-0.3, -0.25) is 4.79 Å². The molecule has 0 aromatic heterocycles. The Hall–Kier alpha value is -0.393. The first-order valence-electron chi connectivity index (χ1n) is 12.0. The highest BCUT2D eigenvalue weighted by atomic mass is 28.3. The Morgan fingerprint density at radius 2 is 1.86 bits per heavy atom. The first-order valence-corrected chi connectivity index (χ1v) is 15.0. The molecule has 0 aromatic carbocycles. The van der Waals surface area contributed by atoms with Gasteiger partial charge in [-0.2, -0.15) is 0 Å². The summed E-state index contributed by atoms with van der Waals surface area (Å²) in [5.41, 5.74) is 0. The van der Waals surface area contributed by atoms with E-state index in [-0.39, 0.29) is 24.3 Å². The molecule has 0 radical (unpaired) electrons. The fourth-order valence-corrected chi connectivity index (χ4v) is 8.53. The molecule has 0 N–H and O–H groups in total. The number of cyclic esters (lactones) is 1. The molecule has 6 atom stereocenters. The molecular formula is C24H45NO3Si. The van der Waals surface area contributed by atoms with Crippen LogP contribution < -0.4 is 0 Å². The fraction of sp³-hybridized carbons (Fsp3) is 0.958. The highest BCUT2D eigenvalue weighted by molar-refractivity contribution is 6.77. The molecule has 0 spiro atoms. The molecule has 0 bridgehead atoms. The number of ether oxygens (including phenoxy) is 2. The van der Waals surface area contributed by atoms with E-state index in [0.717, 1.165) is 13.0 Å². The Labute approximate surface area is 180 Å². The number of esters is 1. The molecule has 29 heavy (non-hydrogen) atoms. The van der Waals surface area contributed by atoms with Crippen LogP contribution in [0, 0.1) is 23.7 Å². The molecule has 3 aliphatic rings. The van der Waals surface area contributed by atoms with Gasteiger partial charge >= 0.3 is 5.97 Å². The maximum Gasteiger partial charge on any atom is 0.308 e. The lowest BCUT2D eigenvalue weighted by Crippen LogP contribution is -2.59. The monoisotopic (exact) mass is 423 g/mol. The maximum atomic E-state index is 12.4. The van der Waals surface area contributed by atoms with E-state index in [1.807, 2.05) is 0 Å². The van der Waals surface area contributed by atoms with E-state index in [2.05, 4.69) is 59.2 Å². The summed E-state index contributed by atoms with van der Waals surface area (Å²) in [6.07, 6.45) is 6.41. The van der Waals surface area contributed by atoms with Gasteiger partial charge in [0.2, 0.25) is 6.29 Å². The van der Waals surface area contributed by atoms with Crippen molar-refractivity contribution >= 4 is 14.2 Å². The topological polar surface area (TPSA) is 38.8 Å². The Balaban J connectivity index is 1.78. The van der Waals surface area contributed by atoms with E-state index in [1.165, 1.54) is 25.7 Å². The Bertz CT molecular complexity index is 585. The zero-order valence-corrected chi connectivity index (χ0v) is 21.2. The Morgan fingerprint density at radius 3 is 2.48 bits per heavy atom. The molecule has 2 heterocycles. The Morgan fingerprint density at radius 1 is 1.17 bits per heavy atom. The summed E-state index contributed by atoms with van der Waals surface area (Å²) >= 11 is 0. The number of hydrogen-bond acceptors (Lipinski definition) is 4. The lowest BCUT2D eigenvalue weighted by molar-refractivity contribution is -0.199. The van der Waals surface area contributed by atoms with Crippen molar-refractivity contribution in [1.29, 1.82) is 0 Å². The molecule has 1 aliphatic carbocycles. The van der Waals surface area contributed by atoms with Gasteiger partial charge in [-0.1, -0.05) is 61.1 Å². The summed E-state index contributed by atoms with van der Waals surface area (Å²) in [4.78, 5) is 12.4. The number of rotatable bonds is 5. The van der Waals surface area contributed by atoms with E-state index in [1.54, 1.807) is 0 Å².